The number of methoxy groups -OCH3 is 3. The Kier molecular flexibility index (Phi) is 7.11. The molecule has 0 saturated heterocycles. The van der Waals surface area contributed by atoms with Gasteiger partial charge in [-0.25, -0.2) is 9.99 Å². The highest BCUT2D eigenvalue weighted by Gasteiger charge is 2.35. The number of ether oxygens (including phenoxy) is 3. The molecule has 0 radical (unpaired) electrons. The maximum absolute atomic E-state index is 13.5. The smallest absolute Gasteiger partial charge is 0.253 e. The molecule has 7 nitrogen and oxygen atoms in total. The fourth-order valence-corrected chi connectivity index (χ4v) is 6.14. The molecule has 36 heavy (non-hydrogen) atoms. The van der Waals surface area contributed by atoms with Crippen LogP contribution >= 0.6 is 23.1 Å². The Labute approximate surface area is 217 Å². The van der Waals surface area contributed by atoms with Gasteiger partial charge in [-0.05, 0) is 48.0 Å². The molecular formula is C27H25N3O4S2. The van der Waals surface area contributed by atoms with Gasteiger partial charge >= 0.3 is 0 Å². The number of hydrogen-bond acceptors (Lipinski definition) is 8. The highest BCUT2D eigenvalue weighted by Crippen LogP contribution is 2.42. The van der Waals surface area contributed by atoms with Crippen molar-refractivity contribution in [3.05, 3.63) is 77.9 Å². The first-order chi connectivity index (χ1) is 17.6. The van der Waals surface area contributed by atoms with Crippen LogP contribution in [-0.4, -0.2) is 48.7 Å². The Morgan fingerprint density at radius 2 is 1.81 bits per heavy atom. The third-order valence-corrected chi connectivity index (χ3v) is 8.14. The number of thiazole rings is 1. The Morgan fingerprint density at radius 3 is 2.53 bits per heavy atom. The third kappa shape index (κ3) is 4.76. The quantitative estimate of drug-likeness (QED) is 0.274. The number of amides is 1. The third-order valence-electron chi connectivity index (χ3n) is 5.97. The van der Waals surface area contributed by atoms with Crippen molar-refractivity contribution in [3.63, 3.8) is 0 Å². The average Bonchev–Trinajstić information content (AvgIpc) is 3.56. The molecule has 1 amide bonds. The zero-order valence-corrected chi connectivity index (χ0v) is 21.8. The van der Waals surface area contributed by atoms with Gasteiger partial charge in [-0.1, -0.05) is 36.0 Å². The highest BCUT2D eigenvalue weighted by atomic mass is 32.2. The molecule has 0 saturated carbocycles. The summed E-state index contributed by atoms with van der Waals surface area (Å²) in [4.78, 5) is 18.2. The van der Waals surface area contributed by atoms with Crippen molar-refractivity contribution in [1.82, 2.24) is 9.99 Å². The molecule has 5 rings (SSSR count). The number of nitrogens with zero attached hydrogens (tertiary/aromatic N) is 3. The number of hydrazone groups is 1. The number of thioether (sulfide) groups is 1. The minimum atomic E-state index is -0.324. The van der Waals surface area contributed by atoms with E-state index in [-0.39, 0.29) is 17.7 Å². The van der Waals surface area contributed by atoms with Gasteiger partial charge in [0.2, 0.25) is 0 Å². The number of carbonyl (C=O) groups is 1. The second-order valence-electron chi connectivity index (χ2n) is 8.05. The van der Waals surface area contributed by atoms with Crippen molar-refractivity contribution < 1.29 is 19.0 Å². The molecule has 0 unspecified atom stereocenters. The molecule has 0 aliphatic carbocycles. The summed E-state index contributed by atoms with van der Waals surface area (Å²) in [7, 11) is 4.85. The Bertz CT molecular complexity index is 1390. The molecule has 0 N–H and O–H groups in total. The van der Waals surface area contributed by atoms with Crippen molar-refractivity contribution in [2.45, 2.75) is 16.8 Å². The van der Waals surface area contributed by atoms with Gasteiger partial charge in [0.05, 0.1) is 49.1 Å². The van der Waals surface area contributed by atoms with Crippen LogP contribution in [-0.2, 0) is 4.79 Å². The summed E-state index contributed by atoms with van der Waals surface area (Å²) >= 11 is 3.02. The average molecular weight is 520 g/mol. The molecule has 4 aromatic rings. The Balaban J connectivity index is 1.44. The summed E-state index contributed by atoms with van der Waals surface area (Å²) in [5.41, 5.74) is 3.56. The summed E-state index contributed by atoms with van der Waals surface area (Å²) < 4.78 is 18.5. The van der Waals surface area contributed by atoms with Crippen molar-refractivity contribution in [3.8, 4) is 17.2 Å². The maximum Gasteiger partial charge on any atom is 0.253 e. The molecule has 3 aromatic carbocycles. The predicted octanol–water partition coefficient (Wildman–Crippen LogP) is 5.79. The van der Waals surface area contributed by atoms with Gasteiger partial charge in [0.15, 0.2) is 15.8 Å². The molecular weight excluding hydrogens is 494 g/mol. The molecule has 1 aliphatic rings. The van der Waals surface area contributed by atoms with Gasteiger partial charge in [-0.3, -0.25) is 4.79 Å². The second kappa shape index (κ2) is 10.6. The van der Waals surface area contributed by atoms with Crippen LogP contribution in [0.4, 0.5) is 0 Å². The minimum Gasteiger partial charge on any atom is -0.497 e. The number of rotatable bonds is 8. The number of para-hydroxylation sites is 2. The van der Waals surface area contributed by atoms with Crippen molar-refractivity contribution >= 4 is 44.9 Å². The highest BCUT2D eigenvalue weighted by molar-refractivity contribution is 8.01. The fraction of sp³-hybridized carbons (Fsp3) is 0.222. The fourth-order valence-electron chi connectivity index (χ4n) is 4.22. The van der Waals surface area contributed by atoms with Gasteiger partial charge < -0.3 is 14.2 Å². The van der Waals surface area contributed by atoms with Crippen LogP contribution in [0.15, 0.2) is 76.2 Å². The van der Waals surface area contributed by atoms with Crippen molar-refractivity contribution in [2.75, 3.05) is 27.1 Å². The predicted molar refractivity (Wildman–Crippen MR) is 144 cm³/mol. The second-order valence-corrected chi connectivity index (χ2v) is 10.3. The van der Waals surface area contributed by atoms with E-state index in [9.17, 15) is 4.79 Å². The molecule has 0 fully saturated rings. The minimum absolute atomic E-state index is 0.0994. The van der Waals surface area contributed by atoms with E-state index in [2.05, 4.69) is 4.98 Å². The van der Waals surface area contributed by atoms with Crippen LogP contribution in [0.2, 0.25) is 0 Å². The largest absolute Gasteiger partial charge is 0.497 e. The van der Waals surface area contributed by atoms with Crippen molar-refractivity contribution in [1.29, 1.82) is 0 Å². The summed E-state index contributed by atoms with van der Waals surface area (Å²) in [6.45, 7) is 0. The van der Waals surface area contributed by atoms with Gasteiger partial charge in [-0.15, -0.1) is 11.3 Å². The first-order valence-corrected chi connectivity index (χ1v) is 13.1. The topological polar surface area (TPSA) is 73.2 Å². The number of hydrogen-bond donors (Lipinski definition) is 0. The maximum atomic E-state index is 13.5. The number of carbonyl (C=O) groups excluding carboxylic acids is 1. The van der Waals surface area contributed by atoms with E-state index in [0.717, 1.165) is 37.1 Å². The lowest BCUT2D eigenvalue weighted by Crippen LogP contribution is -2.28. The molecule has 1 aromatic heterocycles. The van der Waals surface area contributed by atoms with Crippen LogP contribution in [0.3, 0.4) is 0 Å². The van der Waals surface area contributed by atoms with Crippen LogP contribution in [0.25, 0.3) is 10.2 Å². The molecule has 1 aliphatic heterocycles. The zero-order valence-electron chi connectivity index (χ0n) is 20.1. The number of aromatic nitrogens is 1. The van der Waals surface area contributed by atoms with Crippen LogP contribution < -0.4 is 14.2 Å². The van der Waals surface area contributed by atoms with Crippen LogP contribution in [0.1, 0.15) is 23.6 Å². The van der Waals surface area contributed by atoms with E-state index < -0.39 is 0 Å². The zero-order chi connectivity index (χ0) is 25.1. The van der Waals surface area contributed by atoms with E-state index in [1.54, 1.807) is 37.7 Å². The van der Waals surface area contributed by atoms with E-state index in [4.69, 9.17) is 19.3 Å². The summed E-state index contributed by atoms with van der Waals surface area (Å²) in [6.07, 6.45) is 0.549. The molecule has 1 atom stereocenters. The standard InChI is InChI=1S/C27H25N3O4S2/c1-32-18-13-11-17(12-14-18)21-15-22(19-7-6-9-23(33-2)26(19)34-3)30(29-21)25(31)16-35-27-28-20-8-4-5-10-24(20)36-27/h4-14,22H,15-16H2,1-3H3/t22-/m0/s1. The lowest BCUT2D eigenvalue weighted by molar-refractivity contribution is -0.130. The molecule has 9 heteroatoms. The first-order valence-electron chi connectivity index (χ1n) is 11.3. The monoisotopic (exact) mass is 519 g/mol. The van der Waals surface area contributed by atoms with E-state index in [0.29, 0.717) is 17.9 Å². The first kappa shape index (κ1) is 24.1. The van der Waals surface area contributed by atoms with Crippen LogP contribution in [0.5, 0.6) is 17.2 Å². The van der Waals surface area contributed by atoms with Gasteiger partial charge in [-0.2, -0.15) is 5.10 Å². The van der Waals surface area contributed by atoms with Gasteiger partial charge in [0, 0.05) is 12.0 Å². The SMILES string of the molecule is COc1ccc(C2=NN(C(=O)CSc3nc4ccccc4s3)[C@H](c3cccc(OC)c3OC)C2)cc1. The molecule has 184 valence electrons. The number of fused-ring (bicyclic) bond motifs is 1. The lowest BCUT2D eigenvalue weighted by Gasteiger charge is -2.24. The van der Waals surface area contributed by atoms with E-state index in [1.165, 1.54) is 11.8 Å². The van der Waals surface area contributed by atoms with E-state index >= 15 is 0 Å². The summed E-state index contributed by atoms with van der Waals surface area (Å²) in [5, 5.41) is 6.37. The molecule has 0 spiro atoms. The molecule has 2 heterocycles. The van der Waals surface area contributed by atoms with Crippen molar-refractivity contribution in [2.24, 2.45) is 5.10 Å². The molecule has 0 bridgehead atoms. The Hall–Kier alpha value is -3.56. The number of benzene rings is 3. The van der Waals surface area contributed by atoms with Gasteiger partial charge in [0.25, 0.3) is 5.91 Å². The van der Waals surface area contributed by atoms with Crippen LogP contribution in [0, 0.1) is 0 Å². The Morgan fingerprint density at radius 1 is 1.00 bits per heavy atom. The normalized spacial score (nSPS) is 15.1. The van der Waals surface area contributed by atoms with Gasteiger partial charge in [0.1, 0.15) is 5.75 Å². The lowest BCUT2D eigenvalue weighted by atomic mass is 9.97. The summed E-state index contributed by atoms with van der Waals surface area (Å²) in [6, 6.07) is 21.1. The summed E-state index contributed by atoms with van der Waals surface area (Å²) in [5.74, 6) is 2.11. The van der Waals surface area contributed by atoms with E-state index in [1.807, 2.05) is 66.7 Å².